The number of hydrogen-bond donors (Lipinski definition) is 3. The summed E-state index contributed by atoms with van der Waals surface area (Å²) < 4.78 is 5.10. The molecule has 1 aromatic heterocycles. The topological polar surface area (TPSA) is 174 Å². The summed E-state index contributed by atoms with van der Waals surface area (Å²) in [4.78, 5) is 58.8. The number of nitrogens with two attached hydrogens (primary N) is 1. The molecule has 154 valence electrons. The number of aromatic nitrogens is 1. The highest BCUT2D eigenvalue weighted by Gasteiger charge is 2.71. The zero-order valence-corrected chi connectivity index (χ0v) is 16.5. The summed E-state index contributed by atoms with van der Waals surface area (Å²) in [5.41, 5.74) is 3.55. The van der Waals surface area contributed by atoms with Gasteiger partial charge in [-0.25, -0.2) is 9.78 Å². The molecule has 4 N–H and O–H groups in total. The SMILES string of the molecule is CO/N=C(\C(=O)N[C@@H]1C(=O)N2[C@@H]1CS[C@@H]1CC(=O)O[C@]12C(=O)O)c1csc(N)n1. The van der Waals surface area contributed by atoms with Crippen molar-refractivity contribution in [3.05, 3.63) is 11.1 Å². The fourth-order valence-corrected chi connectivity index (χ4v) is 5.69. The van der Waals surface area contributed by atoms with Crippen LogP contribution >= 0.6 is 23.1 Å². The normalized spacial score (nSPS) is 30.7. The van der Waals surface area contributed by atoms with Crippen LogP contribution in [0.1, 0.15) is 12.1 Å². The summed E-state index contributed by atoms with van der Waals surface area (Å²) in [6, 6.07) is -1.65. The molecule has 3 aliphatic heterocycles. The molecule has 4 heterocycles. The number of rotatable bonds is 5. The van der Waals surface area contributed by atoms with Crippen LogP contribution < -0.4 is 11.1 Å². The van der Waals surface area contributed by atoms with Crippen molar-refractivity contribution in [1.29, 1.82) is 0 Å². The third-order valence-corrected chi connectivity index (χ3v) is 6.96. The Labute approximate surface area is 171 Å². The van der Waals surface area contributed by atoms with Crippen molar-refractivity contribution in [1.82, 2.24) is 15.2 Å². The monoisotopic (exact) mass is 441 g/mol. The van der Waals surface area contributed by atoms with Gasteiger partial charge in [-0.05, 0) is 0 Å². The van der Waals surface area contributed by atoms with E-state index in [0.717, 1.165) is 16.2 Å². The zero-order chi connectivity index (χ0) is 20.9. The first-order valence-electron chi connectivity index (χ1n) is 8.33. The molecule has 29 heavy (non-hydrogen) atoms. The molecule has 0 unspecified atom stereocenters. The van der Waals surface area contributed by atoms with E-state index in [2.05, 4.69) is 20.3 Å². The van der Waals surface area contributed by atoms with Gasteiger partial charge in [-0.1, -0.05) is 5.16 Å². The zero-order valence-electron chi connectivity index (χ0n) is 14.9. The Morgan fingerprint density at radius 3 is 2.90 bits per heavy atom. The van der Waals surface area contributed by atoms with E-state index in [9.17, 15) is 24.3 Å². The summed E-state index contributed by atoms with van der Waals surface area (Å²) in [5.74, 6) is -3.13. The van der Waals surface area contributed by atoms with Crippen molar-refractivity contribution in [2.75, 3.05) is 18.6 Å². The summed E-state index contributed by atoms with van der Waals surface area (Å²) in [7, 11) is 1.25. The Hall–Kier alpha value is -2.87. The third-order valence-electron chi connectivity index (χ3n) is 4.86. The molecule has 3 aliphatic rings. The molecule has 2 amide bonds. The maximum atomic E-state index is 12.8. The Bertz CT molecular complexity index is 949. The molecule has 3 fully saturated rings. The van der Waals surface area contributed by atoms with Gasteiger partial charge in [-0.2, -0.15) is 0 Å². The molecule has 1 aromatic rings. The Morgan fingerprint density at radius 1 is 1.52 bits per heavy atom. The maximum absolute atomic E-state index is 12.8. The van der Waals surface area contributed by atoms with Gasteiger partial charge in [0.2, 0.25) is 0 Å². The second-order valence-corrected chi connectivity index (χ2v) is 8.55. The minimum atomic E-state index is -2.05. The second kappa shape index (κ2) is 6.88. The lowest BCUT2D eigenvalue weighted by atomic mass is 9.89. The average molecular weight is 441 g/mol. The smallest absolute Gasteiger partial charge is 0.371 e. The number of carboxylic acids is 1. The molecule has 12 nitrogen and oxygen atoms in total. The molecule has 0 aromatic carbocycles. The fourth-order valence-electron chi connectivity index (χ4n) is 3.63. The van der Waals surface area contributed by atoms with Gasteiger partial charge >= 0.3 is 11.9 Å². The highest BCUT2D eigenvalue weighted by Crippen LogP contribution is 2.49. The van der Waals surface area contributed by atoms with Crippen LogP contribution in [-0.2, 0) is 28.8 Å². The number of aliphatic carboxylic acids is 1. The second-order valence-electron chi connectivity index (χ2n) is 6.42. The number of anilines is 1. The van der Waals surface area contributed by atoms with Gasteiger partial charge in [0.15, 0.2) is 10.8 Å². The van der Waals surface area contributed by atoms with Crippen molar-refractivity contribution >= 4 is 57.7 Å². The van der Waals surface area contributed by atoms with Gasteiger partial charge in [0.1, 0.15) is 18.8 Å². The van der Waals surface area contributed by atoms with Crippen LogP contribution in [0, 0.1) is 0 Å². The highest BCUT2D eigenvalue weighted by molar-refractivity contribution is 8.00. The first kappa shape index (κ1) is 19.4. The third kappa shape index (κ3) is 2.81. The first-order chi connectivity index (χ1) is 13.8. The number of thiazole rings is 1. The largest absolute Gasteiger partial charge is 0.477 e. The minimum absolute atomic E-state index is 0.0968. The molecule has 0 aliphatic carbocycles. The molecule has 3 saturated heterocycles. The van der Waals surface area contributed by atoms with E-state index >= 15 is 0 Å². The van der Waals surface area contributed by atoms with Crippen LogP contribution in [0.5, 0.6) is 0 Å². The van der Waals surface area contributed by atoms with E-state index in [0.29, 0.717) is 5.75 Å². The van der Waals surface area contributed by atoms with E-state index < -0.39 is 46.8 Å². The van der Waals surface area contributed by atoms with Crippen LogP contribution in [0.2, 0.25) is 0 Å². The first-order valence-corrected chi connectivity index (χ1v) is 10.3. The van der Waals surface area contributed by atoms with Crippen LogP contribution in [0.4, 0.5) is 5.13 Å². The van der Waals surface area contributed by atoms with Crippen LogP contribution in [-0.4, -0.2) is 80.4 Å². The van der Waals surface area contributed by atoms with Gasteiger partial charge in [-0.3, -0.25) is 19.3 Å². The number of nitrogens with zero attached hydrogens (tertiary/aromatic N) is 3. The number of nitrogen functional groups attached to an aromatic ring is 1. The maximum Gasteiger partial charge on any atom is 0.371 e. The summed E-state index contributed by atoms with van der Waals surface area (Å²) >= 11 is 2.33. The van der Waals surface area contributed by atoms with Gasteiger partial charge in [0, 0.05) is 11.1 Å². The number of carbonyl (C=O) groups is 4. The van der Waals surface area contributed by atoms with E-state index in [4.69, 9.17) is 10.5 Å². The van der Waals surface area contributed by atoms with E-state index in [1.54, 1.807) is 0 Å². The summed E-state index contributed by atoms with van der Waals surface area (Å²) in [5, 5.41) is 16.9. The number of hydrogen-bond acceptors (Lipinski definition) is 11. The van der Waals surface area contributed by atoms with Gasteiger partial charge in [-0.15, -0.1) is 23.1 Å². The molecular weight excluding hydrogens is 426 g/mol. The lowest BCUT2D eigenvalue weighted by Crippen LogP contribution is -2.82. The predicted octanol–water partition coefficient (Wildman–Crippen LogP) is -1.39. The number of amides is 2. The van der Waals surface area contributed by atoms with E-state index in [1.807, 2.05) is 0 Å². The molecule has 4 atom stereocenters. The van der Waals surface area contributed by atoms with Crippen LogP contribution in [0.15, 0.2) is 10.5 Å². The number of fused-ring (bicyclic) bond motifs is 3. The number of thioether (sulfide) groups is 1. The van der Waals surface area contributed by atoms with Crippen molar-refractivity contribution in [2.45, 2.75) is 29.5 Å². The molecule has 0 bridgehead atoms. The van der Waals surface area contributed by atoms with Gasteiger partial charge in [0.05, 0.1) is 17.7 Å². The van der Waals surface area contributed by atoms with E-state index in [1.165, 1.54) is 24.3 Å². The Balaban J connectivity index is 1.56. The lowest BCUT2D eigenvalue weighted by molar-refractivity contribution is -0.213. The molecule has 4 rings (SSSR count). The van der Waals surface area contributed by atoms with Crippen molar-refractivity contribution in [3.8, 4) is 0 Å². The number of oxime groups is 1. The molecule has 0 saturated carbocycles. The number of ether oxygens (including phenoxy) is 1. The molecular formula is C15H15N5O7S2. The van der Waals surface area contributed by atoms with Crippen molar-refractivity contribution < 1.29 is 33.9 Å². The Kier molecular flexibility index (Phi) is 4.61. The molecule has 0 spiro atoms. The molecule has 0 radical (unpaired) electrons. The number of carbonyl (C=O) groups excluding carboxylic acids is 3. The highest BCUT2D eigenvalue weighted by atomic mass is 32.2. The van der Waals surface area contributed by atoms with Crippen LogP contribution in [0.3, 0.4) is 0 Å². The summed E-state index contributed by atoms with van der Waals surface area (Å²) in [6.07, 6.45) is -0.0968. The quantitative estimate of drug-likeness (QED) is 0.214. The summed E-state index contributed by atoms with van der Waals surface area (Å²) in [6.45, 7) is 0. The average Bonchev–Trinajstić information content (AvgIpc) is 3.25. The molecule has 14 heteroatoms. The van der Waals surface area contributed by atoms with Crippen LogP contribution in [0.25, 0.3) is 0 Å². The number of carboxylic acid groups (broad SMARTS) is 1. The predicted molar refractivity (Wildman–Crippen MR) is 100.0 cm³/mol. The fraction of sp³-hybridized carbons (Fsp3) is 0.467. The lowest BCUT2D eigenvalue weighted by Gasteiger charge is -2.56. The standard InChI is InChI=1S/C15H15N5O7S2/c1-26-19-9(5-3-29-14(16)17-5)11(22)18-10-6-4-28-7-2-8(21)27-15(7,13(24)25)20(6)12(10)23/h3,6-7,10H,2,4H2,1H3,(H2,16,17)(H,18,22)(H,24,25)/b19-9-/t6-,7-,10+,15+/m1/s1. The number of esters is 1. The minimum Gasteiger partial charge on any atom is -0.477 e. The number of β-lactam (4-membered cyclic amide) rings is 1. The number of nitrogens with one attached hydrogen (secondary N) is 1. The Morgan fingerprint density at radius 2 is 2.28 bits per heavy atom. The van der Waals surface area contributed by atoms with E-state index in [-0.39, 0.29) is 23.0 Å². The van der Waals surface area contributed by atoms with Crippen molar-refractivity contribution in [3.63, 3.8) is 0 Å². The van der Waals surface area contributed by atoms with Gasteiger partial charge < -0.3 is 25.7 Å². The van der Waals surface area contributed by atoms with Gasteiger partial charge in [0.25, 0.3) is 17.5 Å². The van der Waals surface area contributed by atoms with Crippen molar-refractivity contribution in [2.24, 2.45) is 5.16 Å².